The van der Waals surface area contributed by atoms with E-state index in [-0.39, 0.29) is 0 Å². The Kier molecular flexibility index (Phi) is 6.16. The summed E-state index contributed by atoms with van der Waals surface area (Å²) in [5.41, 5.74) is -0.806. The van der Waals surface area contributed by atoms with E-state index in [1.165, 1.54) is 0 Å². The number of aliphatic hydroxyl groups is 1. The summed E-state index contributed by atoms with van der Waals surface area (Å²) in [6.07, 6.45) is 1.85. The Labute approximate surface area is 121 Å². The third kappa shape index (κ3) is 5.71. The van der Waals surface area contributed by atoms with Crippen LogP contribution in [0, 0.1) is 0 Å². The van der Waals surface area contributed by atoms with Crippen LogP contribution in [0.25, 0.3) is 0 Å². The van der Waals surface area contributed by atoms with Crippen LogP contribution in [0.5, 0.6) is 0 Å². The largest absolute Gasteiger partial charge is 0.387 e. The summed E-state index contributed by atoms with van der Waals surface area (Å²) in [6.45, 7) is 4.94. The van der Waals surface area contributed by atoms with Crippen molar-refractivity contribution in [2.24, 2.45) is 0 Å². The number of rotatable bonds is 8. The van der Waals surface area contributed by atoms with E-state index in [4.69, 9.17) is 0 Å². The topological polar surface area (TPSA) is 73.3 Å². The van der Waals surface area contributed by atoms with E-state index in [0.29, 0.717) is 13.1 Å². The average molecular weight is 281 g/mol. The molecule has 114 valence electrons. The molecule has 20 heavy (non-hydrogen) atoms. The van der Waals surface area contributed by atoms with Crippen molar-refractivity contribution in [3.05, 3.63) is 11.9 Å². The Morgan fingerprint density at radius 1 is 1.30 bits per heavy atom. The Hall–Kier alpha value is -1.40. The fraction of sp³-hybridized carbons (Fsp3) is 0.714. The number of aryl methyl sites for hydroxylation is 1. The maximum absolute atomic E-state index is 10.3. The molecule has 6 heteroatoms. The summed E-state index contributed by atoms with van der Waals surface area (Å²) in [4.78, 5) is 10.8. The van der Waals surface area contributed by atoms with Gasteiger partial charge in [0.15, 0.2) is 0 Å². The van der Waals surface area contributed by atoms with Crippen LogP contribution in [0.4, 0.5) is 11.6 Å². The first-order chi connectivity index (χ1) is 9.36. The normalized spacial score (nSPS) is 14.2. The Morgan fingerprint density at radius 3 is 2.50 bits per heavy atom. The molecular formula is C14H27N5O. The zero-order valence-electron chi connectivity index (χ0n) is 13.2. The summed E-state index contributed by atoms with van der Waals surface area (Å²) in [5, 5.41) is 16.5. The molecule has 1 aromatic rings. The van der Waals surface area contributed by atoms with Gasteiger partial charge in [0.05, 0.1) is 5.60 Å². The van der Waals surface area contributed by atoms with Gasteiger partial charge in [0.2, 0.25) is 0 Å². The molecule has 0 radical (unpaired) electrons. The Balaban J connectivity index is 2.73. The molecule has 0 aliphatic rings. The lowest BCUT2D eigenvalue weighted by molar-refractivity contribution is 0.0459. The van der Waals surface area contributed by atoms with Crippen LogP contribution < -0.4 is 10.6 Å². The predicted molar refractivity (Wildman–Crippen MR) is 83.2 cm³/mol. The number of aromatic nitrogens is 2. The number of hydrogen-bond acceptors (Lipinski definition) is 6. The molecule has 0 aliphatic carbocycles. The zero-order chi connectivity index (χ0) is 15.2. The van der Waals surface area contributed by atoms with Gasteiger partial charge in [0.25, 0.3) is 0 Å². The van der Waals surface area contributed by atoms with Crippen molar-refractivity contribution in [3.8, 4) is 0 Å². The lowest BCUT2D eigenvalue weighted by atomic mass is 10.1. The van der Waals surface area contributed by atoms with Crippen LogP contribution in [0.2, 0.25) is 0 Å². The van der Waals surface area contributed by atoms with Crippen molar-refractivity contribution < 1.29 is 5.11 Å². The number of hydrogen-bond donors (Lipinski definition) is 3. The molecule has 1 aromatic heterocycles. The summed E-state index contributed by atoms with van der Waals surface area (Å²) in [5.74, 6) is 2.35. The van der Waals surface area contributed by atoms with E-state index < -0.39 is 5.60 Å². The first-order valence-corrected chi connectivity index (χ1v) is 7.03. The average Bonchev–Trinajstić information content (AvgIpc) is 2.35. The molecule has 0 amide bonds. The minimum Gasteiger partial charge on any atom is -0.387 e. The minimum atomic E-state index is -0.806. The van der Waals surface area contributed by atoms with Crippen LogP contribution in [0.3, 0.4) is 0 Å². The molecule has 1 unspecified atom stereocenters. The molecule has 0 fully saturated rings. The number of nitrogens with one attached hydrogen (secondary N) is 2. The van der Waals surface area contributed by atoms with E-state index in [0.717, 1.165) is 30.3 Å². The molecule has 0 saturated heterocycles. The first kappa shape index (κ1) is 16.7. The van der Waals surface area contributed by atoms with Gasteiger partial charge in [-0.2, -0.15) is 0 Å². The number of nitrogens with zero attached hydrogens (tertiary/aromatic N) is 3. The highest BCUT2D eigenvalue weighted by Gasteiger charge is 2.21. The van der Waals surface area contributed by atoms with Gasteiger partial charge in [-0.1, -0.05) is 6.92 Å². The summed E-state index contributed by atoms with van der Waals surface area (Å²) < 4.78 is 0. The van der Waals surface area contributed by atoms with E-state index >= 15 is 0 Å². The van der Waals surface area contributed by atoms with Crippen molar-refractivity contribution in [2.45, 2.75) is 32.3 Å². The highest BCUT2D eigenvalue weighted by molar-refractivity contribution is 5.47. The van der Waals surface area contributed by atoms with Gasteiger partial charge in [-0.15, -0.1) is 0 Å². The van der Waals surface area contributed by atoms with Crippen molar-refractivity contribution in [1.82, 2.24) is 14.9 Å². The predicted octanol–water partition coefficient (Wildman–Crippen LogP) is 1.20. The SMILES string of the molecule is CCCc1nc(NC)cc(NCC(C)(O)CN(C)C)n1. The quantitative estimate of drug-likeness (QED) is 0.665. The molecule has 0 bridgehead atoms. The molecule has 6 nitrogen and oxygen atoms in total. The monoisotopic (exact) mass is 281 g/mol. The van der Waals surface area contributed by atoms with Gasteiger partial charge in [0, 0.05) is 32.6 Å². The Morgan fingerprint density at radius 2 is 1.95 bits per heavy atom. The van der Waals surface area contributed by atoms with Crippen molar-refractivity contribution in [3.63, 3.8) is 0 Å². The standard InChI is InChI=1S/C14H27N5O/c1-6-7-11-17-12(15-3)8-13(18-11)16-9-14(2,20)10-19(4)5/h8,20H,6-7,9-10H2,1-5H3,(H2,15,16,17,18). The second kappa shape index (κ2) is 7.40. The highest BCUT2D eigenvalue weighted by atomic mass is 16.3. The maximum Gasteiger partial charge on any atom is 0.133 e. The third-order valence-corrected chi connectivity index (χ3v) is 2.81. The highest BCUT2D eigenvalue weighted by Crippen LogP contribution is 2.14. The first-order valence-electron chi connectivity index (χ1n) is 7.03. The third-order valence-electron chi connectivity index (χ3n) is 2.81. The van der Waals surface area contributed by atoms with Gasteiger partial charge in [-0.3, -0.25) is 0 Å². The van der Waals surface area contributed by atoms with E-state index in [1.54, 1.807) is 0 Å². The number of likely N-dealkylation sites (N-methyl/N-ethyl adjacent to an activating group) is 1. The molecule has 0 aromatic carbocycles. The fourth-order valence-electron chi connectivity index (χ4n) is 2.07. The molecule has 0 spiro atoms. The van der Waals surface area contributed by atoms with Gasteiger partial charge < -0.3 is 20.6 Å². The zero-order valence-corrected chi connectivity index (χ0v) is 13.2. The lowest BCUT2D eigenvalue weighted by Crippen LogP contribution is -2.43. The molecule has 0 saturated carbocycles. The molecule has 3 N–H and O–H groups in total. The summed E-state index contributed by atoms with van der Waals surface area (Å²) >= 11 is 0. The maximum atomic E-state index is 10.3. The van der Waals surface area contributed by atoms with Gasteiger partial charge in [-0.05, 0) is 27.4 Å². The van der Waals surface area contributed by atoms with Crippen molar-refractivity contribution in [2.75, 3.05) is 44.9 Å². The van der Waals surface area contributed by atoms with Crippen LogP contribution in [0.1, 0.15) is 26.1 Å². The smallest absolute Gasteiger partial charge is 0.133 e. The summed E-state index contributed by atoms with van der Waals surface area (Å²) in [7, 11) is 5.72. The van der Waals surface area contributed by atoms with E-state index in [1.807, 2.05) is 39.0 Å². The van der Waals surface area contributed by atoms with Crippen molar-refractivity contribution >= 4 is 11.6 Å². The van der Waals surface area contributed by atoms with Gasteiger partial charge in [0.1, 0.15) is 17.5 Å². The van der Waals surface area contributed by atoms with Crippen LogP contribution in [-0.2, 0) is 6.42 Å². The van der Waals surface area contributed by atoms with Gasteiger partial charge in [-0.25, -0.2) is 9.97 Å². The lowest BCUT2D eigenvalue weighted by Gasteiger charge is -2.27. The van der Waals surface area contributed by atoms with Crippen LogP contribution >= 0.6 is 0 Å². The second-order valence-corrected chi connectivity index (χ2v) is 5.64. The minimum absolute atomic E-state index is 0.441. The van der Waals surface area contributed by atoms with Crippen LogP contribution in [-0.4, -0.2) is 59.8 Å². The molecule has 1 atom stereocenters. The number of anilines is 2. The van der Waals surface area contributed by atoms with E-state index in [2.05, 4.69) is 27.5 Å². The molecule has 1 rings (SSSR count). The summed E-state index contributed by atoms with van der Waals surface area (Å²) in [6, 6.07) is 1.85. The molecule has 0 aliphatic heterocycles. The fourth-order valence-corrected chi connectivity index (χ4v) is 2.07. The van der Waals surface area contributed by atoms with Crippen LogP contribution in [0.15, 0.2) is 6.07 Å². The molecule has 1 heterocycles. The second-order valence-electron chi connectivity index (χ2n) is 5.64. The Bertz CT molecular complexity index is 420. The molecular weight excluding hydrogens is 254 g/mol. The van der Waals surface area contributed by atoms with Gasteiger partial charge >= 0.3 is 0 Å². The van der Waals surface area contributed by atoms with Crippen molar-refractivity contribution in [1.29, 1.82) is 0 Å². The van der Waals surface area contributed by atoms with E-state index in [9.17, 15) is 5.11 Å².